The third-order valence-corrected chi connectivity index (χ3v) is 4.33. The zero-order chi connectivity index (χ0) is 16.5. The number of hydrogen-bond donors (Lipinski definition) is 0. The molecular weight excluding hydrogens is 314 g/mol. The number of unbranched alkanes of at least 4 members (excludes halogenated alkanes) is 4. The number of rotatable bonds is 9. The summed E-state index contributed by atoms with van der Waals surface area (Å²) in [5.74, 6) is -1.76. The van der Waals surface area contributed by atoms with E-state index in [9.17, 15) is 8.78 Å². The highest BCUT2D eigenvalue weighted by Gasteiger charge is 2.06. The fraction of sp³-hybridized carbons (Fsp3) is 0.444. The summed E-state index contributed by atoms with van der Waals surface area (Å²) in [7, 11) is 0. The molecular formula is C18H22F2N2S. The Morgan fingerprint density at radius 1 is 0.957 bits per heavy atom. The Balaban J connectivity index is 1.88. The van der Waals surface area contributed by atoms with E-state index in [0.29, 0.717) is 22.5 Å². The van der Waals surface area contributed by atoms with Gasteiger partial charge < -0.3 is 0 Å². The first-order valence-corrected chi connectivity index (χ1v) is 8.93. The van der Waals surface area contributed by atoms with Crippen LogP contribution >= 0.6 is 11.8 Å². The van der Waals surface area contributed by atoms with Crippen molar-refractivity contribution < 1.29 is 8.78 Å². The fourth-order valence-electron chi connectivity index (χ4n) is 2.35. The summed E-state index contributed by atoms with van der Waals surface area (Å²) in [6.07, 6.45) is 11.0. The van der Waals surface area contributed by atoms with Crippen molar-refractivity contribution in [2.45, 2.75) is 56.1 Å². The van der Waals surface area contributed by atoms with Crippen LogP contribution < -0.4 is 0 Å². The summed E-state index contributed by atoms with van der Waals surface area (Å²) in [5.41, 5.74) is 1.99. The van der Waals surface area contributed by atoms with Crippen LogP contribution in [0.5, 0.6) is 0 Å². The van der Waals surface area contributed by atoms with Gasteiger partial charge in [-0.25, -0.2) is 9.97 Å². The van der Waals surface area contributed by atoms with Crippen LogP contribution in [0.1, 0.15) is 44.6 Å². The van der Waals surface area contributed by atoms with E-state index in [0.717, 1.165) is 17.5 Å². The van der Waals surface area contributed by atoms with Gasteiger partial charge in [0.15, 0.2) is 5.82 Å². The Morgan fingerprint density at radius 3 is 2.22 bits per heavy atom. The lowest BCUT2D eigenvalue weighted by Gasteiger charge is -2.04. The molecule has 2 aromatic rings. The second-order valence-corrected chi connectivity index (χ2v) is 6.55. The highest BCUT2D eigenvalue weighted by Crippen LogP contribution is 2.27. The third-order valence-electron chi connectivity index (χ3n) is 3.61. The zero-order valence-electron chi connectivity index (χ0n) is 13.3. The van der Waals surface area contributed by atoms with Gasteiger partial charge in [0.05, 0.1) is 0 Å². The molecule has 0 fully saturated rings. The van der Waals surface area contributed by atoms with Crippen LogP contribution in [0.15, 0.2) is 41.6 Å². The molecule has 0 bridgehead atoms. The monoisotopic (exact) mass is 336 g/mol. The van der Waals surface area contributed by atoms with E-state index in [2.05, 4.69) is 16.9 Å². The van der Waals surface area contributed by atoms with Gasteiger partial charge in [0.1, 0.15) is 0 Å². The number of hydrogen-bond acceptors (Lipinski definition) is 3. The van der Waals surface area contributed by atoms with E-state index in [4.69, 9.17) is 0 Å². The zero-order valence-corrected chi connectivity index (χ0v) is 14.2. The van der Waals surface area contributed by atoms with Gasteiger partial charge in [-0.15, -0.1) is 0 Å². The van der Waals surface area contributed by atoms with E-state index >= 15 is 0 Å². The van der Waals surface area contributed by atoms with Crippen LogP contribution in [-0.2, 0) is 6.42 Å². The Hall–Kier alpha value is -1.49. The minimum absolute atomic E-state index is 0.545. The lowest BCUT2D eigenvalue weighted by Crippen LogP contribution is -1.93. The molecule has 0 saturated heterocycles. The predicted octanol–water partition coefficient (Wildman–Crippen LogP) is 5.97. The van der Waals surface area contributed by atoms with Gasteiger partial charge in [-0.3, -0.25) is 0 Å². The topological polar surface area (TPSA) is 25.8 Å². The molecule has 0 unspecified atom stereocenters. The molecule has 0 atom stereocenters. The molecule has 1 heterocycles. The van der Waals surface area contributed by atoms with Gasteiger partial charge in [0, 0.05) is 22.9 Å². The normalized spacial score (nSPS) is 11.1. The van der Waals surface area contributed by atoms with Gasteiger partial charge in [-0.2, -0.15) is 8.78 Å². The molecule has 1 aromatic carbocycles. The summed E-state index contributed by atoms with van der Waals surface area (Å²) >= 11 is 0.545. The minimum atomic E-state index is -2.39. The van der Waals surface area contributed by atoms with Gasteiger partial charge in [-0.1, -0.05) is 56.5 Å². The van der Waals surface area contributed by atoms with Crippen LogP contribution in [0, 0.1) is 0 Å². The Morgan fingerprint density at radius 2 is 1.61 bits per heavy atom. The Kier molecular flexibility index (Phi) is 7.46. The average Bonchev–Trinajstić information content (AvgIpc) is 2.55. The molecule has 0 amide bonds. The average molecular weight is 336 g/mol. The molecule has 2 rings (SSSR count). The molecule has 23 heavy (non-hydrogen) atoms. The maximum atomic E-state index is 12.3. The van der Waals surface area contributed by atoms with Gasteiger partial charge in [0.25, 0.3) is 5.76 Å². The molecule has 0 aliphatic rings. The first-order valence-electron chi connectivity index (χ1n) is 8.05. The van der Waals surface area contributed by atoms with Crippen LogP contribution in [0.2, 0.25) is 0 Å². The second-order valence-electron chi connectivity index (χ2n) is 5.48. The largest absolute Gasteiger partial charge is 0.288 e. The lowest BCUT2D eigenvalue weighted by atomic mass is 10.1. The van der Waals surface area contributed by atoms with E-state index in [1.54, 1.807) is 24.3 Å². The molecule has 0 aliphatic carbocycles. The first kappa shape index (κ1) is 17.9. The van der Waals surface area contributed by atoms with Crippen molar-refractivity contribution in [2.24, 2.45) is 0 Å². The second kappa shape index (κ2) is 9.60. The summed E-state index contributed by atoms with van der Waals surface area (Å²) in [6.45, 7) is 2.21. The number of halogens is 2. The van der Waals surface area contributed by atoms with E-state index < -0.39 is 5.76 Å². The van der Waals surface area contributed by atoms with Crippen molar-refractivity contribution in [1.29, 1.82) is 0 Å². The van der Waals surface area contributed by atoms with E-state index in [1.165, 1.54) is 32.1 Å². The highest BCUT2D eigenvalue weighted by atomic mass is 32.2. The lowest BCUT2D eigenvalue weighted by molar-refractivity contribution is 0.252. The standard InChI is InChI=1S/C18H22F2N2S/c1-2-3-4-5-6-7-14-12-21-17(22-13-14)15-8-10-16(11-9-15)23-18(19)20/h8-13,18H,2-7H2,1H3. The number of aromatic nitrogens is 2. The Labute approximate surface area is 140 Å². The van der Waals surface area contributed by atoms with Crippen LogP contribution in [-0.4, -0.2) is 15.7 Å². The highest BCUT2D eigenvalue weighted by molar-refractivity contribution is 7.99. The van der Waals surface area contributed by atoms with Gasteiger partial charge in [0.2, 0.25) is 0 Å². The van der Waals surface area contributed by atoms with Crippen molar-refractivity contribution >= 4 is 11.8 Å². The molecule has 2 nitrogen and oxygen atoms in total. The molecule has 0 N–H and O–H groups in total. The quantitative estimate of drug-likeness (QED) is 0.417. The molecule has 0 aliphatic heterocycles. The first-order chi connectivity index (χ1) is 11.2. The van der Waals surface area contributed by atoms with Crippen molar-refractivity contribution in [2.75, 3.05) is 0 Å². The maximum absolute atomic E-state index is 12.3. The minimum Gasteiger partial charge on any atom is -0.236 e. The van der Waals surface area contributed by atoms with E-state index in [-0.39, 0.29) is 0 Å². The maximum Gasteiger partial charge on any atom is 0.288 e. The summed E-state index contributed by atoms with van der Waals surface area (Å²) in [6, 6.07) is 6.92. The van der Waals surface area contributed by atoms with Crippen molar-refractivity contribution in [3.05, 3.63) is 42.2 Å². The predicted molar refractivity (Wildman–Crippen MR) is 91.8 cm³/mol. The van der Waals surface area contributed by atoms with E-state index in [1.807, 2.05) is 12.4 Å². The smallest absolute Gasteiger partial charge is 0.236 e. The van der Waals surface area contributed by atoms with Crippen molar-refractivity contribution in [1.82, 2.24) is 9.97 Å². The van der Waals surface area contributed by atoms with Crippen LogP contribution in [0.3, 0.4) is 0 Å². The number of aryl methyl sites for hydroxylation is 1. The summed E-state index contributed by atoms with van der Waals surface area (Å²) in [4.78, 5) is 9.33. The number of alkyl halides is 2. The molecule has 0 radical (unpaired) electrons. The molecule has 124 valence electrons. The van der Waals surface area contributed by atoms with Crippen molar-refractivity contribution in [3.8, 4) is 11.4 Å². The number of thioether (sulfide) groups is 1. The summed E-state index contributed by atoms with van der Waals surface area (Å²) in [5, 5.41) is 0. The number of benzene rings is 1. The van der Waals surface area contributed by atoms with Gasteiger partial charge in [-0.05, 0) is 30.5 Å². The number of nitrogens with zero attached hydrogens (tertiary/aromatic N) is 2. The van der Waals surface area contributed by atoms with Crippen LogP contribution in [0.4, 0.5) is 8.78 Å². The molecule has 0 saturated carbocycles. The summed E-state index contributed by atoms with van der Waals surface area (Å²) < 4.78 is 24.6. The van der Waals surface area contributed by atoms with Crippen molar-refractivity contribution in [3.63, 3.8) is 0 Å². The van der Waals surface area contributed by atoms with Crippen LogP contribution in [0.25, 0.3) is 11.4 Å². The molecule has 5 heteroatoms. The SMILES string of the molecule is CCCCCCCc1cnc(-c2ccc(SC(F)F)cc2)nc1. The Bertz CT molecular complexity index is 571. The fourth-order valence-corrected chi connectivity index (χ4v) is 2.85. The molecule has 1 aromatic heterocycles. The molecule has 0 spiro atoms. The third kappa shape index (κ3) is 6.26. The van der Waals surface area contributed by atoms with Gasteiger partial charge >= 0.3 is 0 Å².